The van der Waals surface area contributed by atoms with Gasteiger partial charge in [-0.05, 0) is 12.8 Å². The minimum atomic E-state index is -5.21. The average Bonchev–Trinajstić information content (AvgIpc) is 3.16. The molecule has 0 saturated carbocycles. The summed E-state index contributed by atoms with van der Waals surface area (Å²) in [5.41, 5.74) is -1.84. The Balaban J connectivity index is 0. The molecular formula is C17H34F6N4O4S2. The number of alkyl halides is 6. The van der Waals surface area contributed by atoms with E-state index in [1.165, 1.54) is 51.6 Å². The zero-order valence-corrected chi connectivity index (χ0v) is 20.3. The standard InChI is InChI=1S/C13H26N2.2C2H4F3NO2S/c1-3-5-7-8-10-15-12-11-14(13-15)9-6-4-2;2*3-2(4,5)9(7,8)1-6/h11-12H,3-10,13H2,1-2H3;2*1,6H2. The fraction of sp³-hybridized carbons (Fsp3) is 0.882. The number of hydrogen-bond acceptors (Lipinski definition) is 8. The molecule has 4 N–H and O–H groups in total. The molecular weight excluding hydrogens is 502 g/mol. The first-order chi connectivity index (χ1) is 15.0. The van der Waals surface area contributed by atoms with Crippen LogP contribution < -0.4 is 11.5 Å². The van der Waals surface area contributed by atoms with Crippen LogP contribution in [0.2, 0.25) is 0 Å². The topological polar surface area (TPSA) is 127 Å². The van der Waals surface area contributed by atoms with Gasteiger partial charge in [0.05, 0.1) is 6.67 Å². The van der Waals surface area contributed by atoms with Gasteiger partial charge in [0.25, 0.3) is 19.7 Å². The van der Waals surface area contributed by atoms with Crippen molar-refractivity contribution in [2.45, 2.75) is 63.4 Å². The van der Waals surface area contributed by atoms with E-state index in [-0.39, 0.29) is 0 Å². The molecule has 33 heavy (non-hydrogen) atoms. The second-order valence-electron chi connectivity index (χ2n) is 6.93. The molecule has 200 valence electrons. The van der Waals surface area contributed by atoms with Crippen molar-refractivity contribution in [2.24, 2.45) is 11.5 Å². The highest BCUT2D eigenvalue weighted by molar-refractivity contribution is 7.92. The molecule has 1 aliphatic rings. The van der Waals surface area contributed by atoms with Crippen molar-refractivity contribution in [2.75, 3.05) is 31.5 Å². The molecule has 1 aliphatic heterocycles. The van der Waals surface area contributed by atoms with Crippen molar-refractivity contribution in [3.8, 4) is 0 Å². The van der Waals surface area contributed by atoms with Gasteiger partial charge in [-0.2, -0.15) is 26.3 Å². The molecule has 0 amide bonds. The predicted octanol–water partition coefficient (Wildman–Crippen LogP) is 3.09. The number of nitrogens with two attached hydrogens (primary N) is 2. The summed E-state index contributed by atoms with van der Waals surface area (Å²) in [5, 5.41) is 0. The van der Waals surface area contributed by atoms with Crippen LogP contribution in [0, 0.1) is 0 Å². The van der Waals surface area contributed by atoms with Gasteiger partial charge in [-0.25, -0.2) is 16.8 Å². The van der Waals surface area contributed by atoms with Crippen LogP contribution in [0.25, 0.3) is 0 Å². The van der Waals surface area contributed by atoms with Gasteiger partial charge in [0.2, 0.25) is 0 Å². The Morgan fingerprint density at radius 3 is 1.33 bits per heavy atom. The van der Waals surface area contributed by atoms with E-state index >= 15 is 0 Å². The van der Waals surface area contributed by atoms with E-state index in [2.05, 4.69) is 47.5 Å². The first-order valence-corrected chi connectivity index (χ1v) is 13.4. The van der Waals surface area contributed by atoms with Gasteiger partial charge in [0, 0.05) is 25.5 Å². The van der Waals surface area contributed by atoms with Crippen molar-refractivity contribution < 1.29 is 43.2 Å². The third-order valence-electron chi connectivity index (χ3n) is 4.09. The number of hydrogen-bond donors (Lipinski definition) is 2. The summed E-state index contributed by atoms with van der Waals surface area (Å²) >= 11 is 0. The first-order valence-electron chi connectivity index (χ1n) is 10.1. The second kappa shape index (κ2) is 15.6. The van der Waals surface area contributed by atoms with Crippen LogP contribution in [0.1, 0.15) is 52.4 Å². The second-order valence-corrected chi connectivity index (χ2v) is 11.0. The largest absolute Gasteiger partial charge is 0.498 e. The molecule has 0 radical (unpaired) electrons. The molecule has 0 bridgehead atoms. The van der Waals surface area contributed by atoms with Crippen LogP contribution in [0.3, 0.4) is 0 Å². The van der Waals surface area contributed by atoms with Crippen LogP contribution in [0.4, 0.5) is 26.3 Å². The summed E-state index contributed by atoms with van der Waals surface area (Å²) in [6.45, 7) is 8.09. The third-order valence-corrected chi connectivity index (χ3v) is 6.38. The molecule has 0 atom stereocenters. The highest BCUT2D eigenvalue weighted by Crippen LogP contribution is 2.22. The van der Waals surface area contributed by atoms with Crippen molar-refractivity contribution in [3.05, 3.63) is 12.4 Å². The summed E-state index contributed by atoms with van der Waals surface area (Å²) < 4.78 is 106. The van der Waals surface area contributed by atoms with E-state index in [4.69, 9.17) is 0 Å². The molecule has 16 heteroatoms. The number of nitrogens with zero attached hydrogens (tertiary/aromatic N) is 2. The molecule has 8 nitrogen and oxygen atoms in total. The first kappa shape index (κ1) is 33.9. The van der Waals surface area contributed by atoms with Crippen molar-refractivity contribution >= 4 is 19.7 Å². The minimum Gasteiger partial charge on any atom is -0.359 e. The predicted molar refractivity (Wildman–Crippen MR) is 115 cm³/mol. The lowest BCUT2D eigenvalue weighted by molar-refractivity contribution is -0.0441. The molecule has 0 aliphatic carbocycles. The summed E-state index contributed by atoms with van der Waals surface area (Å²) in [6, 6.07) is 0. The van der Waals surface area contributed by atoms with Gasteiger partial charge in [-0.15, -0.1) is 0 Å². The Labute approximate surface area is 191 Å². The molecule has 1 rings (SSSR count). The maximum atomic E-state index is 11.2. The number of sulfone groups is 2. The van der Waals surface area contributed by atoms with Crippen LogP contribution in [0.15, 0.2) is 12.4 Å². The third kappa shape index (κ3) is 14.6. The van der Waals surface area contributed by atoms with E-state index < -0.39 is 42.4 Å². The lowest BCUT2D eigenvalue weighted by atomic mass is 10.2. The van der Waals surface area contributed by atoms with Gasteiger partial charge in [0.1, 0.15) is 11.8 Å². The van der Waals surface area contributed by atoms with Crippen LogP contribution in [-0.2, 0) is 19.7 Å². The minimum absolute atomic E-state index is 1.12. The summed E-state index contributed by atoms with van der Waals surface area (Å²) in [7, 11) is -10.1. The quantitative estimate of drug-likeness (QED) is 0.322. The SMILES string of the molecule is CCCCCCN1C=CN(CCCC)C1.NCS(=O)(=O)C(F)(F)F.NCS(=O)(=O)C(F)(F)F. The molecule has 0 aromatic rings. The lowest BCUT2D eigenvalue weighted by Crippen LogP contribution is -2.29. The van der Waals surface area contributed by atoms with E-state index in [0.717, 1.165) is 6.67 Å². The molecule has 0 spiro atoms. The maximum Gasteiger partial charge on any atom is 0.498 e. The molecule has 0 saturated heterocycles. The summed E-state index contributed by atoms with van der Waals surface area (Å²) in [5.74, 6) is -2.78. The molecule has 1 heterocycles. The van der Waals surface area contributed by atoms with E-state index in [0.29, 0.717) is 0 Å². The summed E-state index contributed by atoms with van der Waals surface area (Å²) in [4.78, 5) is 4.86. The molecule has 0 aromatic heterocycles. The average molecular weight is 537 g/mol. The van der Waals surface area contributed by atoms with E-state index in [1.807, 2.05) is 0 Å². The van der Waals surface area contributed by atoms with E-state index in [1.54, 1.807) is 0 Å². The molecule has 0 aromatic carbocycles. The number of rotatable bonds is 10. The molecule has 0 fully saturated rings. The fourth-order valence-corrected chi connectivity index (χ4v) is 2.48. The Hall–Kier alpha value is -1.26. The zero-order chi connectivity index (χ0) is 26.3. The highest BCUT2D eigenvalue weighted by atomic mass is 32.2. The van der Waals surface area contributed by atoms with Crippen LogP contribution in [-0.4, -0.2) is 69.2 Å². The van der Waals surface area contributed by atoms with Crippen LogP contribution >= 0.6 is 0 Å². The van der Waals surface area contributed by atoms with Crippen molar-refractivity contribution in [3.63, 3.8) is 0 Å². The maximum absolute atomic E-state index is 11.2. The zero-order valence-electron chi connectivity index (χ0n) is 18.7. The Morgan fingerprint density at radius 2 is 1.06 bits per heavy atom. The molecule has 0 unspecified atom stereocenters. The van der Waals surface area contributed by atoms with Gasteiger partial charge in [-0.3, -0.25) is 0 Å². The van der Waals surface area contributed by atoms with Gasteiger partial charge in [0.15, 0.2) is 0 Å². The van der Waals surface area contributed by atoms with Crippen molar-refractivity contribution in [1.82, 2.24) is 9.80 Å². The smallest absolute Gasteiger partial charge is 0.359 e. The monoisotopic (exact) mass is 536 g/mol. The van der Waals surface area contributed by atoms with Gasteiger partial charge < -0.3 is 21.3 Å². The fourth-order valence-electron chi connectivity index (χ4n) is 2.10. The lowest BCUT2D eigenvalue weighted by Gasteiger charge is -2.20. The van der Waals surface area contributed by atoms with Gasteiger partial charge in [-0.1, -0.05) is 39.5 Å². The van der Waals surface area contributed by atoms with Gasteiger partial charge >= 0.3 is 11.0 Å². The Bertz CT molecular complexity index is 712. The van der Waals surface area contributed by atoms with Crippen molar-refractivity contribution in [1.29, 1.82) is 0 Å². The Kier molecular flexibility index (Phi) is 16.0. The normalized spacial score (nSPS) is 14.5. The number of halogens is 6. The van der Waals surface area contributed by atoms with Crippen LogP contribution in [0.5, 0.6) is 0 Å². The number of unbranched alkanes of at least 4 members (excludes halogenated alkanes) is 4. The Morgan fingerprint density at radius 1 is 0.697 bits per heavy atom. The summed E-state index contributed by atoms with van der Waals surface area (Å²) in [6.07, 6.45) is 12.6. The van der Waals surface area contributed by atoms with E-state index in [9.17, 15) is 43.2 Å². The highest BCUT2D eigenvalue weighted by Gasteiger charge is 2.44.